The zero-order chi connectivity index (χ0) is 22.1. The smallest absolute Gasteiger partial charge is 0.273 e. The minimum Gasteiger partial charge on any atom is -0.335 e. The maximum atomic E-state index is 13.9. The van der Waals surface area contributed by atoms with Crippen molar-refractivity contribution in [3.8, 4) is 10.6 Å². The summed E-state index contributed by atoms with van der Waals surface area (Å²) in [4.78, 5) is 32.6. The number of thiazole rings is 1. The van der Waals surface area contributed by atoms with Gasteiger partial charge in [-0.3, -0.25) is 9.59 Å². The number of piperazine rings is 1. The van der Waals surface area contributed by atoms with Crippen LogP contribution in [0.1, 0.15) is 20.8 Å². The van der Waals surface area contributed by atoms with Crippen molar-refractivity contribution in [3.63, 3.8) is 0 Å². The molecule has 0 unspecified atom stereocenters. The minimum absolute atomic E-state index is 0.169. The third kappa shape index (κ3) is 4.42. The molecule has 4 rings (SSSR count). The van der Waals surface area contributed by atoms with E-state index in [0.717, 1.165) is 17.7 Å². The third-order valence-electron chi connectivity index (χ3n) is 4.92. The average molecular weight is 482 g/mol. The normalized spacial score (nSPS) is 14.1. The van der Waals surface area contributed by atoms with Gasteiger partial charge >= 0.3 is 0 Å². The van der Waals surface area contributed by atoms with Gasteiger partial charge in [0.2, 0.25) is 0 Å². The standard InChI is InChI=1S/C21H15Cl2F2N3O2S/c22-13-5-4-12(10-14(13)23)19-26-17(11-31-19)20(29)27-6-8-28(9-7-27)21(30)18-15(24)2-1-3-16(18)25/h1-5,10-11H,6-9H2. The van der Waals surface area contributed by atoms with Crippen LogP contribution >= 0.6 is 34.5 Å². The van der Waals surface area contributed by atoms with Crippen LogP contribution in [0.4, 0.5) is 8.78 Å². The molecule has 1 aliphatic rings. The number of rotatable bonds is 3. The molecule has 2 heterocycles. The predicted octanol–water partition coefficient (Wildman–Crippen LogP) is 4.99. The highest BCUT2D eigenvalue weighted by molar-refractivity contribution is 7.13. The van der Waals surface area contributed by atoms with Crippen LogP contribution in [0.5, 0.6) is 0 Å². The van der Waals surface area contributed by atoms with Crippen LogP contribution in [-0.2, 0) is 0 Å². The molecule has 5 nitrogen and oxygen atoms in total. The molecule has 0 spiro atoms. The largest absolute Gasteiger partial charge is 0.335 e. The van der Waals surface area contributed by atoms with E-state index in [4.69, 9.17) is 23.2 Å². The molecular formula is C21H15Cl2F2N3O2S. The SMILES string of the molecule is O=C(c1csc(-c2ccc(Cl)c(Cl)c2)n1)N1CCN(C(=O)c2c(F)cccc2F)CC1. The Balaban J connectivity index is 1.42. The summed E-state index contributed by atoms with van der Waals surface area (Å²) >= 11 is 13.3. The molecule has 1 saturated heterocycles. The molecule has 0 aliphatic carbocycles. The maximum Gasteiger partial charge on any atom is 0.273 e. The molecule has 0 N–H and O–H groups in total. The number of nitrogens with zero attached hydrogens (tertiary/aromatic N) is 3. The van der Waals surface area contributed by atoms with Gasteiger partial charge in [-0.1, -0.05) is 35.3 Å². The average Bonchev–Trinajstić information content (AvgIpc) is 3.25. The molecule has 1 aromatic heterocycles. The first-order valence-electron chi connectivity index (χ1n) is 9.28. The van der Waals surface area contributed by atoms with Crippen molar-refractivity contribution in [2.24, 2.45) is 0 Å². The zero-order valence-electron chi connectivity index (χ0n) is 15.9. The first-order valence-corrected chi connectivity index (χ1v) is 10.9. The predicted molar refractivity (Wildman–Crippen MR) is 116 cm³/mol. The van der Waals surface area contributed by atoms with Crippen LogP contribution in [0.3, 0.4) is 0 Å². The van der Waals surface area contributed by atoms with Crippen molar-refractivity contribution in [1.82, 2.24) is 14.8 Å². The highest BCUT2D eigenvalue weighted by atomic mass is 35.5. The molecule has 2 aromatic carbocycles. The summed E-state index contributed by atoms with van der Waals surface area (Å²) in [5, 5.41) is 3.12. The van der Waals surface area contributed by atoms with Crippen molar-refractivity contribution in [1.29, 1.82) is 0 Å². The van der Waals surface area contributed by atoms with E-state index in [-0.39, 0.29) is 37.8 Å². The number of halogens is 4. The monoisotopic (exact) mass is 481 g/mol. The lowest BCUT2D eigenvalue weighted by Gasteiger charge is -2.34. The van der Waals surface area contributed by atoms with E-state index in [2.05, 4.69) is 4.98 Å². The van der Waals surface area contributed by atoms with Gasteiger partial charge < -0.3 is 9.80 Å². The van der Waals surface area contributed by atoms with Crippen LogP contribution in [0.2, 0.25) is 10.0 Å². The lowest BCUT2D eigenvalue weighted by atomic mass is 10.1. The fraction of sp³-hybridized carbons (Fsp3) is 0.190. The number of amides is 2. The molecule has 160 valence electrons. The number of carbonyl (C=O) groups is 2. The number of aromatic nitrogens is 1. The molecule has 10 heteroatoms. The maximum absolute atomic E-state index is 13.9. The molecule has 31 heavy (non-hydrogen) atoms. The van der Waals surface area contributed by atoms with Crippen molar-refractivity contribution in [2.45, 2.75) is 0 Å². The number of carbonyl (C=O) groups excluding carboxylic acids is 2. The Bertz CT molecular complexity index is 1140. The zero-order valence-corrected chi connectivity index (χ0v) is 18.3. The highest BCUT2D eigenvalue weighted by Crippen LogP contribution is 2.30. The van der Waals surface area contributed by atoms with Crippen molar-refractivity contribution in [2.75, 3.05) is 26.2 Å². The number of benzene rings is 2. The fourth-order valence-electron chi connectivity index (χ4n) is 3.27. The quantitative estimate of drug-likeness (QED) is 0.529. The minimum atomic E-state index is -0.902. The molecular weight excluding hydrogens is 467 g/mol. The van der Waals surface area contributed by atoms with Gasteiger partial charge in [-0.25, -0.2) is 13.8 Å². The van der Waals surface area contributed by atoms with Gasteiger partial charge in [0.25, 0.3) is 11.8 Å². The van der Waals surface area contributed by atoms with E-state index >= 15 is 0 Å². The van der Waals surface area contributed by atoms with Crippen LogP contribution in [0.25, 0.3) is 10.6 Å². The number of hydrogen-bond acceptors (Lipinski definition) is 4. The first-order chi connectivity index (χ1) is 14.8. The number of hydrogen-bond donors (Lipinski definition) is 0. The molecule has 0 atom stereocenters. The van der Waals surface area contributed by atoms with Gasteiger partial charge in [0.1, 0.15) is 27.9 Å². The van der Waals surface area contributed by atoms with Gasteiger partial charge in [0.15, 0.2) is 0 Å². The van der Waals surface area contributed by atoms with E-state index in [1.54, 1.807) is 28.5 Å². The lowest BCUT2D eigenvalue weighted by Crippen LogP contribution is -2.51. The van der Waals surface area contributed by atoms with E-state index in [1.165, 1.54) is 22.3 Å². The summed E-state index contributed by atoms with van der Waals surface area (Å²) < 4.78 is 27.8. The Morgan fingerprint density at radius 2 is 1.52 bits per heavy atom. The van der Waals surface area contributed by atoms with Crippen LogP contribution in [-0.4, -0.2) is 52.8 Å². The molecule has 2 amide bonds. The summed E-state index contributed by atoms with van der Waals surface area (Å²) in [6.45, 7) is 0.810. The molecule has 0 bridgehead atoms. The van der Waals surface area contributed by atoms with Gasteiger partial charge in [0.05, 0.1) is 10.0 Å². The van der Waals surface area contributed by atoms with Gasteiger partial charge in [0, 0.05) is 37.1 Å². The molecule has 1 fully saturated rings. The van der Waals surface area contributed by atoms with Crippen LogP contribution < -0.4 is 0 Å². The molecule has 3 aromatic rings. The topological polar surface area (TPSA) is 53.5 Å². The van der Waals surface area contributed by atoms with Crippen molar-refractivity contribution < 1.29 is 18.4 Å². The van der Waals surface area contributed by atoms with Gasteiger partial charge in [-0.05, 0) is 24.3 Å². The summed E-state index contributed by atoms with van der Waals surface area (Å²) in [6.07, 6.45) is 0. The lowest BCUT2D eigenvalue weighted by molar-refractivity contribution is 0.0527. The fourth-order valence-corrected chi connectivity index (χ4v) is 4.36. The molecule has 1 aliphatic heterocycles. The van der Waals surface area contributed by atoms with E-state index < -0.39 is 23.1 Å². The van der Waals surface area contributed by atoms with E-state index in [0.29, 0.717) is 15.1 Å². The van der Waals surface area contributed by atoms with Crippen LogP contribution in [0.15, 0.2) is 41.8 Å². The third-order valence-corrected chi connectivity index (χ3v) is 6.55. The Morgan fingerprint density at radius 1 is 0.903 bits per heavy atom. The summed E-state index contributed by atoms with van der Waals surface area (Å²) in [5.74, 6) is -2.80. The second-order valence-corrected chi connectivity index (χ2v) is 8.52. The molecule has 0 saturated carbocycles. The summed E-state index contributed by atoms with van der Waals surface area (Å²) in [6, 6.07) is 8.42. The van der Waals surface area contributed by atoms with E-state index in [1.807, 2.05) is 0 Å². The second-order valence-electron chi connectivity index (χ2n) is 6.85. The summed E-state index contributed by atoms with van der Waals surface area (Å²) in [7, 11) is 0. The van der Waals surface area contributed by atoms with Crippen molar-refractivity contribution in [3.05, 3.63) is 74.7 Å². The van der Waals surface area contributed by atoms with Crippen LogP contribution in [0, 0.1) is 11.6 Å². The van der Waals surface area contributed by atoms with Crippen molar-refractivity contribution >= 4 is 46.4 Å². The Hall–Kier alpha value is -2.55. The highest BCUT2D eigenvalue weighted by Gasteiger charge is 2.29. The second kappa shape index (κ2) is 8.90. The summed E-state index contributed by atoms with van der Waals surface area (Å²) in [5.41, 5.74) is 0.458. The Morgan fingerprint density at radius 3 is 2.13 bits per heavy atom. The van der Waals surface area contributed by atoms with Gasteiger partial charge in [-0.2, -0.15) is 0 Å². The van der Waals surface area contributed by atoms with E-state index in [9.17, 15) is 18.4 Å². The Kier molecular flexibility index (Phi) is 6.22. The molecule has 0 radical (unpaired) electrons. The van der Waals surface area contributed by atoms with Gasteiger partial charge in [-0.15, -0.1) is 11.3 Å². The Labute approximate surface area is 190 Å². The first kappa shape index (κ1) is 21.7.